The van der Waals surface area contributed by atoms with Gasteiger partial charge >= 0.3 is 0 Å². The van der Waals surface area contributed by atoms with Crippen molar-refractivity contribution in [2.75, 3.05) is 0 Å². The molecule has 0 saturated carbocycles. The maximum atomic E-state index is 5.22. The first kappa shape index (κ1) is 29.5. The SMILES string of the molecule is c1ccc(C2=NC(c3cccc(-c4ccccc4)c3)NC(c3ccc(-c4nc5ccccc5c5c(-c6ccccc6)cccc45)cc3)=N2)cc1. The Balaban J connectivity index is 1.12. The Bertz CT molecular complexity index is 2540. The van der Waals surface area contributed by atoms with Gasteiger partial charge < -0.3 is 5.32 Å². The van der Waals surface area contributed by atoms with Crippen molar-refractivity contribution in [1.82, 2.24) is 10.3 Å². The number of aromatic nitrogens is 1. The number of benzene rings is 7. The summed E-state index contributed by atoms with van der Waals surface area (Å²) in [7, 11) is 0. The van der Waals surface area contributed by atoms with E-state index in [1.807, 2.05) is 24.3 Å². The van der Waals surface area contributed by atoms with Crippen molar-refractivity contribution in [2.24, 2.45) is 9.98 Å². The van der Waals surface area contributed by atoms with Crippen LogP contribution in [0.4, 0.5) is 0 Å². The Kier molecular flexibility index (Phi) is 7.52. The molecule has 50 heavy (non-hydrogen) atoms. The zero-order chi connectivity index (χ0) is 33.3. The van der Waals surface area contributed by atoms with Crippen molar-refractivity contribution in [1.29, 1.82) is 0 Å². The molecule has 0 saturated heterocycles. The zero-order valence-corrected chi connectivity index (χ0v) is 27.2. The number of hydrogen-bond donors (Lipinski definition) is 1. The molecule has 1 aromatic heterocycles. The molecule has 8 aromatic rings. The van der Waals surface area contributed by atoms with Gasteiger partial charge in [-0.1, -0.05) is 170 Å². The van der Waals surface area contributed by atoms with Crippen LogP contribution in [0.3, 0.4) is 0 Å². The molecule has 7 aromatic carbocycles. The molecule has 1 atom stereocenters. The molecule has 0 aliphatic carbocycles. The summed E-state index contributed by atoms with van der Waals surface area (Å²) in [5.41, 5.74) is 10.7. The predicted molar refractivity (Wildman–Crippen MR) is 207 cm³/mol. The number of amidine groups is 2. The topological polar surface area (TPSA) is 49.6 Å². The van der Waals surface area contributed by atoms with Crippen LogP contribution in [0.25, 0.3) is 55.2 Å². The molecule has 1 unspecified atom stereocenters. The van der Waals surface area contributed by atoms with Crippen molar-refractivity contribution in [3.63, 3.8) is 0 Å². The fourth-order valence-corrected chi connectivity index (χ4v) is 6.87. The van der Waals surface area contributed by atoms with E-state index in [0.29, 0.717) is 5.84 Å². The first-order valence-electron chi connectivity index (χ1n) is 16.9. The molecular weight excluding hydrogens is 609 g/mol. The van der Waals surface area contributed by atoms with Crippen LogP contribution < -0.4 is 5.32 Å². The van der Waals surface area contributed by atoms with Crippen LogP contribution in [-0.4, -0.2) is 16.7 Å². The van der Waals surface area contributed by atoms with Gasteiger partial charge in [-0.05, 0) is 39.9 Å². The van der Waals surface area contributed by atoms with Gasteiger partial charge in [0, 0.05) is 32.8 Å². The van der Waals surface area contributed by atoms with Gasteiger partial charge in [-0.15, -0.1) is 0 Å². The molecule has 1 aliphatic rings. The lowest BCUT2D eigenvalue weighted by molar-refractivity contribution is 0.674. The quantitative estimate of drug-likeness (QED) is 0.184. The van der Waals surface area contributed by atoms with Crippen LogP contribution in [0.5, 0.6) is 0 Å². The summed E-state index contributed by atoms with van der Waals surface area (Å²) in [5, 5.41) is 7.14. The lowest BCUT2D eigenvalue weighted by atomic mass is 9.93. The van der Waals surface area contributed by atoms with Crippen LogP contribution in [0, 0.1) is 0 Å². The molecule has 4 heteroatoms. The standard InChI is InChI=1S/C46H32N4/c1-4-14-31(15-5-1)36-20-12-21-37(30-36)46-49-44(34-18-8-3-9-19-34)48-45(50-46)35-28-26-33(27-29-35)43-40-24-13-23-38(32-16-6-2-7-17-32)42(40)39-22-10-11-25-41(39)47-43/h1-30,46H,(H,48,49,50). The van der Waals surface area contributed by atoms with Crippen molar-refractivity contribution >= 4 is 33.3 Å². The normalized spacial score (nSPS) is 14.2. The molecule has 1 N–H and O–H groups in total. The minimum Gasteiger partial charge on any atom is -0.344 e. The van der Waals surface area contributed by atoms with Gasteiger partial charge in [0.2, 0.25) is 0 Å². The first-order valence-corrected chi connectivity index (χ1v) is 16.9. The van der Waals surface area contributed by atoms with E-state index >= 15 is 0 Å². The Labute approximate surface area is 291 Å². The van der Waals surface area contributed by atoms with Gasteiger partial charge in [-0.2, -0.15) is 0 Å². The van der Waals surface area contributed by atoms with E-state index in [0.717, 1.165) is 55.6 Å². The summed E-state index contributed by atoms with van der Waals surface area (Å²) in [4.78, 5) is 15.4. The third kappa shape index (κ3) is 5.53. The summed E-state index contributed by atoms with van der Waals surface area (Å²) in [6.07, 6.45) is -0.302. The Morgan fingerprint density at radius 2 is 1.04 bits per heavy atom. The van der Waals surface area contributed by atoms with Gasteiger partial charge in [0.25, 0.3) is 0 Å². The third-order valence-corrected chi connectivity index (χ3v) is 9.33. The number of fused-ring (bicyclic) bond motifs is 3. The number of para-hydroxylation sites is 1. The van der Waals surface area contributed by atoms with E-state index < -0.39 is 0 Å². The van der Waals surface area contributed by atoms with Crippen molar-refractivity contribution in [2.45, 2.75) is 6.17 Å². The van der Waals surface area contributed by atoms with Crippen LogP contribution >= 0.6 is 0 Å². The molecule has 236 valence electrons. The average molecular weight is 641 g/mol. The van der Waals surface area contributed by atoms with E-state index in [1.165, 1.54) is 22.1 Å². The molecule has 0 spiro atoms. The zero-order valence-electron chi connectivity index (χ0n) is 27.2. The molecule has 4 nitrogen and oxygen atoms in total. The highest BCUT2D eigenvalue weighted by molar-refractivity contribution is 6.17. The van der Waals surface area contributed by atoms with Crippen LogP contribution in [0.15, 0.2) is 192 Å². The second-order valence-electron chi connectivity index (χ2n) is 12.5. The molecule has 0 bridgehead atoms. The van der Waals surface area contributed by atoms with Gasteiger partial charge in [0.1, 0.15) is 12.0 Å². The van der Waals surface area contributed by atoms with E-state index in [1.54, 1.807) is 0 Å². The summed E-state index contributed by atoms with van der Waals surface area (Å²) in [6, 6.07) is 63.4. The lowest BCUT2D eigenvalue weighted by Crippen LogP contribution is -2.33. The van der Waals surface area contributed by atoms with E-state index in [-0.39, 0.29) is 6.17 Å². The molecule has 9 rings (SSSR count). The molecule has 0 amide bonds. The summed E-state index contributed by atoms with van der Waals surface area (Å²) >= 11 is 0. The Morgan fingerprint density at radius 3 is 1.80 bits per heavy atom. The van der Waals surface area contributed by atoms with Crippen LogP contribution in [0.2, 0.25) is 0 Å². The highest BCUT2D eigenvalue weighted by atomic mass is 15.2. The highest BCUT2D eigenvalue weighted by Gasteiger charge is 2.22. The fraction of sp³-hybridized carbons (Fsp3) is 0.0217. The monoisotopic (exact) mass is 640 g/mol. The van der Waals surface area contributed by atoms with E-state index in [2.05, 4.69) is 163 Å². The lowest BCUT2D eigenvalue weighted by Gasteiger charge is -2.24. The van der Waals surface area contributed by atoms with Gasteiger partial charge in [-0.3, -0.25) is 0 Å². The minimum absolute atomic E-state index is 0.302. The number of nitrogens with zero attached hydrogens (tertiary/aromatic N) is 3. The first-order chi connectivity index (χ1) is 24.8. The van der Waals surface area contributed by atoms with Gasteiger partial charge in [-0.25, -0.2) is 15.0 Å². The summed E-state index contributed by atoms with van der Waals surface area (Å²) in [5.74, 6) is 1.48. The maximum absolute atomic E-state index is 5.22. The Morgan fingerprint density at radius 1 is 0.440 bits per heavy atom. The van der Waals surface area contributed by atoms with Crippen LogP contribution in [-0.2, 0) is 0 Å². The van der Waals surface area contributed by atoms with E-state index in [9.17, 15) is 0 Å². The van der Waals surface area contributed by atoms with Crippen LogP contribution in [0.1, 0.15) is 22.9 Å². The molecule has 2 heterocycles. The summed E-state index contributed by atoms with van der Waals surface area (Å²) in [6.45, 7) is 0. The van der Waals surface area contributed by atoms with Crippen molar-refractivity contribution in [3.05, 3.63) is 199 Å². The minimum atomic E-state index is -0.302. The number of pyridine rings is 1. The van der Waals surface area contributed by atoms with Crippen molar-refractivity contribution in [3.8, 4) is 33.5 Å². The number of nitrogens with one attached hydrogen (secondary N) is 1. The average Bonchev–Trinajstić information content (AvgIpc) is 3.21. The van der Waals surface area contributed by atoms with Gasteiger partial charge in [0.15, 0.2) is 5.84 Å². The third-order valence-electron chi connectivity index (χ3n) is 9.33. The maximum Gasteiger partial charge on any atom is 0.159 e. The molecule has 0 radical (unpaired) electrons. The number of hydrogen-bond acceptors (Lipinski definition) is 4. The smallest absolute Gasteiger partial charge is 0.159 e. The van der Waals surface area contributed by atoms with Crippen molar-refractivity contribution < 1.29 is 0 Å². The van der Waals surface area contributed by atoms with Gasteiger partial charge in [0.05, 0.1) is 11.2 Å². The number of rotatable bonds is 6. The number of aliphatic imine (C=N–C) groups is 2. The predicted octanol–water partition coefficient (Wildman–Crippen LogP) is 10.9. The second-order valence-corrected chi connectivity index (χ2v) is 12.5. The largest absolute Gasteiger partial charge is 0.344 e. The summed E-state index contributed by atoms with van der Waals surface area (Å²) < 4.78 is 0. The van der Waals surface area contributed by atoms with E-state index in [4.69, 9.17) is 15.0 Å². The molecular formula is C46H32N4. The molecule has 0 fully saturated rings. The fourth-order valence-electron chi connectivity index (χ4n) is 6.87. The Hall–Kier alpha value is -6.65. The second kappa shape index (κ2) is 12.8. The highest BCUT2D eigenvalue weighted by Crippen LogP contribution is 2.38. The molecule has 1 aliphatic heterocycles.